The molecule has 106 valence electrons. The van der Waals surface area contributed by atoms with Gasteiger partial charge in [0.05, 0.1) is 0 Å². The van der Waals surface area contributed by atoms with Crippen LogP contribution in [0, 0.1) is 5.92 Å². The van der Waals surface area contributed by atoms with Crippen molar-refractivity contribution in [3.05, 3.63) is 32.6 Å². The molecular formula is C12H19N3O4. The van der Waals surface area contributed by atoms with Crippen LogP contribution in [-0.4, -0.2) is 26.3 Å². The molecule has 0 aliphatic rings. The highest BCUT2D eigenvalue weighted by Gasteiger charge is 2.21. The molecule has 0 radical (unpaired) electrons. The molecule has 1 aromatic rings. The van der Waals surface area contributed by atoms with E-state index in [0.717, 1.165) is 4.57 Å². The molecular weight excluding hydrogens is 250 g/mol. The van der Waals surface area contributed by atoms with E-state index in [-0.39, 0.29) is 12.5 Å². The van der Waals surface area contributed by atoms with E-state index in [9.17, 15) is 14.4 Å². The van der Waals surface area contributed by atoms with Crippen molar-refractivity contribution in [2.45, 2.75) is 26.4 Å². The van der Waals surface area contributed by atoms with E-state index in [4.69, 9.17) is 5.11 Å². The summed E-state index contributed by atoms with van der Waals surface area (Å²) < 4.78 is 2.30. The average molecular weight is 269 g/mol. The number of aliphatic carboxylic acids is 1. The Morgan fingerprint density at radius 2 is 1.95 bits per heavy atom. The minimum absolute atomic E-state index is 0.103. The zero-order valence-corrected chi connectivity index (χ0v) is 11.5. The number of carbonyl (C=O) groups is 1. The number of aryl methyl sites for hydroxylation is 1. The first kappa shape index (κ1) is 15.2. The lowest BCUT2D eigenvalue weighted by Gasteiger charge is -2.18. The van der Waals surface area contributed by atoms with Crippen molar-refractivity contribution >= 4 is 5.97 Å². The molecule has 0 aliphatic heterocycles. The van der Waals surface area contributed by atoms with Gasteiger partial charge in [-0.15, -0.1) is 0 Å². The molecule has 1 aromatic heterocycles. The fourth-order valence-corrected chi connectivity index (χ4v) is 1.83. The van der Waals surface area contributed by atoms with E-state index < -0.39 is 23.3 Å². The molecule has 7 nitrogen and oxygen atoms in total. The van der Waals surface area contributed by atoms with Crippen molar-refractivity contribution in [2.24, 2.45) is 20.0 Å². The SMILES string of the molecule is CC(C)C(NCc1cn(C)c(=O)n(C)c1=O)C(=O)O. The van der Waals surface area contributed by atoms with E-state index in [1.807, 2.05) is 0 Å². The first-order valence-corrected chi connectivity index (χ1v) is 5.97. The van der Waals surface area contributed by atoms with Crippen LogP contribution in [0.3, 0.4) is 0 Å². The van der Waals surface area contributed by atoms with Crippen LogP contribution >= 0.6 is 0 Å². The Balaban J connectivity index is 2.99. The van der Waals surface area contributed by atoms with Gasteiger partial charge >= 0.3 is 11.7 Å². The topological polar surface area (TPSA) is 93.3 Å². The summed E-state index contributed by atoms with van der Waals surface area (Å²) in [5.41, 5.74) is -0.465. The van der Waals surface area contributed by atoms with E-state index in [2.05, 4.69) is 5.32 Å². The summed E-state index contributed by atoms with van der Waals surface area (Å²) in [6, 6.07) is -0.734. The molecule has 0 aliphatic carbocycles. The van der Waals surface area contributed by atoms with Gasteiger partial charge in [-0.25, -0.2) is 4.79 Å². The third-order valence-electron chi connectivity index (χ3n) is 2.96. The number of hydrogen-bond donors (Lipinski definition) is 2. The minimum atomic E-state index is -0.961. The van der Waals surface area contributed by atoms with Crippen LogP contribution in [0.4, 0.5) is 0 Å². The lowest BCUT2D eigenvalue weighted by molar-refractivity contribution is -0.140. The highest BCUT2D eigenvalue weighted by Crippen LogP contribution is 2.02. The summed E-state index contributed by atoms with van der Waals surface area (Å²) in [5.74, 6) is -1.06. The summed E-state index contributed by atoms with van der Waals surface area (Å²) in [6.07, 6.45) is 1.43. The monoisotopic (exact) mass is 269 g/mol. The molecule has 1 heterocycles. The van der Waals surface area contributed by atoms with Crippen LogP contribution in [0.5, 0.6) is 0 Å². The van der Waals surface area contributed by atoms with E-state index in [0.29, 0.717) is 5.56 Å². The molecule has 2 N–H and O–H groups in total. The zero-order valence-electron chi connectivity index (χ0n) is 11.5. The summed E-state index contributed by atoms with van der Waals surface area (Å²) in [5, 5.41) is 11.9. The van der Waals surface area contributed by atoms with Crippen molar-refractivity contribution in [1.29, 1.82) is 0 Å². The predicted molar refractivity (Wildman–Crippen MR) is 70.0 cm³/mol. The van der Waals surface area contributed by atoms with E-state index in [1.165, 1.54) is 17.8 Å². The molecule has 0 saturated heterocycles. The highest BCUT2D eigenvalue weighted by molar-refractivity contribution is 5.73. The molecule has 0 aromatic carbocycles. The Morgan fingerprint density at radius 1 is 1.37 bits per heavy atom. The molecule has 19 heavy (non-hydrogen) atoms. The number of nitrogens with zero attached hydrogens (tertiary/aromatic N) is 2. The maximum absolute atomic E-state index is 11.9. The van der Waals surface area contributed by atoms with Crippen LogP contribution in [0.2, 0.25) is 0 Å². The molecule has 0 bridgehead atoms. The lowest BCUT2D eigenvalue weighted by atomic mass is 10.0. The van der Waals surface area contributed by atoms with Gasteiger partial charge in [-0.3, -0.25) is 19.5 Å². The van der Waals surface area contributed by atoms with Gasteiger partial charge in [-0.2, -0.15) is 0 Å². The normalized spacial score (nSPS) is 12.7. The fraction of sp³-hybridized carbons (Fsp3) is 0.583. The van der Waals surface area contributed by atoms with Crippen LogP contribution in [0.15, 0.2) is 15.8 Å². The van der Waals surface area contributed by atoms with Crippen molar-refractivity contribution in [2.75, 3.05) is 0 Å². The second kappa shape index (κ2) is 5.83. The number of nitrogens with one attached hydrogen (secondary N) is 1. The molecule has 0 amide bonds. The lowest BCUT2D eigenvalue weighted by Crippen LogP contribution is -2.44. The molecule has 1 atom stereocenters. The molecule has 0 saturated carbocycles. The molecule has 0 spiro atoms. The maximum atomic E-state index is 11.9. The van der Waals surface area contributed by atoms with E-state index in [1.54, 1.807) is 20.9 Å². The van der Waals surface area contributed by atoms with Gasteiger partial charge in [-0.1, -0.05) is 13.8 Å². The summed E-state index contributed by atoms with van der Waals surface area (Å²) in [4.78, 5) is 34.4. The Bertz CT molecular complexity index is 586. The first-order chi connectivity index (χ1) is 8.75. The number of hydrogen-bond acceptors (Lipinski definition) is 4. The van der Waals surface area contributed by atoms with Crippen molar-refractivity contribution in [3.8, 4) is 0 Å². The second-order valence-corrected chi connectivity index (χ2v) is 4.85. The Morgan fingerprint density at radius 3 is 2.42 bits per heavy atom. The number of carboxylic acids is 1. The van der Waals surface area contributed by atoms with Crippen LogP contribution < -0.4 is 16.6 Å². The second-order valence-electron chi connectivity index (χ2n) is 4.85. The number of aromatic nitrogens is 2. The van der Waals surface area contributed by atoms with Gasteiger partial charge in [-0.05, 0) is 5.92 Å². The largest absolute Gasteiger partial charge is 0.480 e. The minimum Gasteiger partial charge on any atom is -0.480 e. The van der Waals surface area contributed by atoms with Gasteiger partial charge < -0.3 is 9.67 Å². The van der Waals surface area contributed by atoms with Crippen LogP contribution in [-0.2, 0) is 25.4 Å². The smallest absolute Gasteiger partial charge is 0.330 e. The van der Waals surface area contributed by atoms with Crippen molar-refractivity contribution < 1.29 is 9.90 Å². The molecule has 0 fully saturated rings. The summed E-state index contributed by atoms with van der Waals surface area (Å²) >= 11 is 0. The highest BCUT2D eigenvalue weighted by atomic mass is 16.4. The van der Waals surface area contributed by atoms with Gasteiger partial charge in [0.15, 0.2) is 0 Å². The average Bonchev–Trinajstić information content (AvgIpc) is 2.32. The molecule has 1 unspecified atom stereocenters. The zero-order chi connectivity index (χ0) is 14.7. The van der Waals surface area contributed by atoms with Gasteiger partial charge in [0.2, 0.25) is 0 Å². The first-order valence-electron chi connectivity index (χ1n) is 5.97. The Labute approximate surface area is 110 Å². The predicted octanol–water partition coefficient (Wildman–Crippen LogP) is -0.717. The van der Waals surface area contributed by atoms with Crippen molar-refractivity contribution in [3.63, 3.8) is 0 Å². The molecule has 1 rings (SSSR count). The van der Waals surface area contributed by atoms with Crippen LogP contribution in [0.1, 0.15) is 19.4 Å². The Kier molecular flexibility index (Phi) is 4.66. The molecule has 7 heteroatoms. The number of carboxylic acid groups (broad SMARTS) is 1. The standard InChI is InChI=1S/C12H19N3O4/c1-7(2)9(11(17)18)13-5-8-6-14(3)12(19)15(4)10(8)16/h6-7,9,13H,5H2,1-4H3,(H,17,18). The van der Waals surface area contributed by atoms with Gasteiger partial charge in [0.1, 0.15) is 6.04 Å². The third kappa shape index (κ3) is 3.31. The maximum Gasteiger partial charge on any atom is 0.330 e. The van der Waals surface area contributed by atoms with E-state index >= 15 is 0 Å². The fourth-order valence-electron chi connectivity index (χ4n) is 1.83. The van der Waals surface area contributed by atoms with Crippen LogP contribution in [0.25, 0.3) is 0 Å². The number of rotatable bonds is 5. The quantitative estimate of drug-likeness (QED) is 0.736. The van der Waals surface area contributed by atoms with Gasteiger partial charge in [0, 0.05) is 32.4 Å². The Hall–Kier alpha value is -1.89. The third-order valence-corrected chi connectivity index (χ3v) is 2.96. The summed E-state index contributed by atoms with van der Waals surface area (Å²) in [6.45, 7) is 3.67. The summed E-state index contributed by atoms with van der Waals surface area (Å²) in [7, 11) is 2.94. The van der Waals surface area contributed by atoms with Crippen molar-refractivity contribution in [1.82, 2.24) is 14.5 Å². The van der Waals surface area contributed by atoms with Gasteiger partial charge in [0.25, 0.3) is 5.56 Å².